The molecule has 0 aromatic heterocycles. The van der Waals surface area contributed by atoms with Gasteiger partial charge in [-0.05, 0) is 12.8 Å². The zero-order valence-corrected chi connectivity index (χ0v) is 6.86. The van der Waals surface area contributed by atoms with E-state index in [1.165, 1.54) is 0 Å². The van der Waals surface area contributed by atoms with Gasteiger partial charge in [0.1, 0.15) is 0 Å². The second-order valence-corrected chi connectivity index (χ2v) is 1.82. The Bertz CT molecular complexity index is 74.7. The molecule has 2 N–H and O–H groups in total. The van der Waals surface area contributed by atoms with E-state index in [1.807, 2.05) is 0 Å². The van der Waals surface area contributed by atoms with Gasteiger partial charge in [-0.1, -0.05) is 0 Å². The largest absolute Gasteiger partial charge is 0.400 e. The van der Waals surface area contributed by atoms with Gasteiger partial charge in [-0.15, -0.1) is 12.8 Å². The monoisotopic (exact) mass is 160 g/mol. The molecule has 0 amide bonds. The summed E-state index contributed by atoms with van der Waals surface area (Å²) in [6.07, 6.45) is 10.3. The van der Waals surface area contributed by atoms with E-state index in [1.54, 1.807) is 0 Å². The van der Waals surface area contributed by atoms with Crippen LogP contribution < -0.4 is 0 Å². The van der Waals surface area contributed by atoms with E-state index in [4.69, 9.17) is 14.9 Å². The summed E-state index contributed by atoms with van der Waals surface area (Å²) in [5.74, 6) is 0. The van der Waals surface area contributed by atoms with Crippen LogP contribution in [0.2, 0.25) is 0 Å². The van der Waals surface area contributed by atoms with Crippen LogP contribution in [0.4, 0.5) is 0 Å². The third kappa shape index (κ3) is 7.34. The summed E-state index contributed by atoms with van der Waals surface area (Å²) in [6.45, 7) is 1.03. The summed E-state index contributed by atoms with van der Waals surface area (Å²) in [6, 6.07) is 0. The SMILES string of the molecule is C#C.CO.OC[C@@H]1CCCO1. The van der Waals surface area contributed by atoms with Gasteiger partial charge in [0.05, 0.1) is 12.7 Å². The van der Waals surface area contributed by atoms with Crippen molar-refractivity contribution >= 4 is 0 Å². The van der Waals surface area contributed by atoms with Crippen LogP contribution in [0.3, 0.4) is 0 Å². The average molecular weight is 160 g/mol. The summed E-state index contributed by atoms with van der Waals surface area (Å²) in [5.41, 5.74) is 0. The van der Waals surface area contributed by atoms with Crippen LogP contribution in [-0.4, -0.2) is 36.6 Å². The lowest BCUT2D eigenvalue weighted by Crippen LogP contribution is -2.09. The zero-order chi connectivity index (χ0) is 9.11. The third-order valence-corrected chi connectivity index (χ3v) is 1.23. The van der Waals surface area contributed by atoms with E-state index in [9.17, 15) is 0 Å². The van der Waals surface area contributed by atoms with Gasteiger partial charge in [0, 0.05) is 13.7 Å². The average Bonchev–Trinajstić information content (AvgIpc) is 2.63. The third-order valence-electron chi connectivity index (χ3n) is 1.23. The molecule has 0 spiro atoms. The number of aliphatic hydroxyl groups excluding tert-OH is 2. The first-order chi connectivity index (χ1) is 5.43. The highest BCUT2D eigenvalue weighted by atomic mass is 16.5. The Balaban J connectivity index is 0. The Kier molecular flexibility index (Phi) is 14.4. The van der Waals surface area contributed by atoms with Gasteiger partial charge < -0.3 is 14.9 Å². The predicted molar refractivity (Wildman–Crippen MR) is 44.1 cm³/mol. The second kappa shape index (κ2) is 12.1. The molecule has 1 fully saturated rings. The van der Waals surface area contributed by atoms with E-state index in [0.29, 0.717) is 0 Å². The number of hydrogen-bond acceptors (Lipinski definition) is 3. The van der Waals surface area contributed by atoms with Crippen molar-refractivity contribution in [1.29, 1.82) is 0 Å². The van der Waals surface area contributed by atoms with Crippen LogP contribution in [-0.2, 0) is 4.74 Å². The van der Waals surface area contributed by atoms with Crippen LogP contribution in [0.5, 0.6) is 0 Å². The minimum atomic E-state index is 0.153. The normalized spacial score (nSPS) is 20.6. The molecule has 0 radical (unpaired) electrons. The number of aliphatic hydroxyl groups is 2. The molecule has 0 unspecified atom stereocenters. The summed E-state index contributed by atoms with van der Waals surface area (Å²) >= 11 is 0. The van der Waals surface area contributed by atoms with Crippen molar-refractivity contribution in [3.8, 4) is 12.8 Å². The molecule has 1 atom stereocenters. The van der Waals surface area contributed by atoms with Gasteiger partial charge >= 0.3 is 0 Å². The van der Waals surface area contributed by atoms with Crippen LogP contribution in [0.1, 0.15) is 12.8 Å². The molecule has 1 heterocycles. The minimum absolute atomic E-state index is 0.153. The summed E-state index contributed by atoms with van der Waals surface area (Å²) in [4.78, 5) is 0. The fourth-order valence-electron chi connectivity index (χ4n) is 0.788. The van der Waals surface area contributed by atoms with Crippen LogP contribution in [0.15, 0.2) is 0 Å². The summed E-state index contributed by atoms with van der Waals surface area (Å²) in [7, 11) is 1.00. The summed E-state index contributed by atoms with van der Waals surface area (Å²) < 4.78 is 5.05. The van der Waals surface area contributed by atoms with Crippen molar-refractivity contribution < 1.29 is 14.9 Å². The molecule has 66 valence electrons. The maximum absolute atomic E-state index is 8.44. The molecule has 1 aliphatic rings. The quantitative estimate of drug-likeness (QED) is 0.531. The van der Waals surface area contributed by atoms with E-state index >= 15 is 0 Å². The fourth-order valence-corrected chi connectivity index (χ4v) is 0.788. The van der Waals surface area contributed by atoms with Gasteiger partial charge in [-0.3, -0.25) is 0 Å². The predicted octanol–water partition coefficient (Wildman–Crippen LogP) is 0.0156. The molecule has 11 heavy (non-hydrogen) atoms. The van der Waals surface area contributed by atoms with Gasteiger partial charge in [-0.25, -0.2) is 0 Å². The molecule has 0 saturated carbocycles. The maximum atomic E-state index is 8.44. The smallest absolute Gasteiger partial charge is 0.0806 e. The van der Waals surface area contributed by atoms with Gasteiger partial charge in [0.15, 0.2) is 0 Å². The van der Waals surface area contributed by atoms with Crippen molar-refractivity contribution in [1.82, 2.24) is 0 Å². The fraction of sp³-hybridized carbons (Fsp3) is 0.750. The molecular formula is C8H16O3. The van der Waals surface area contributed by atoms with Crippen molar-refractivity contribution in [3.63, 3.8) is 0 Å². The van der Waals surface area contributed by atoms with E-state index in [0.717, 1.165) is 26.6 Å². The Hall–Kier alpha value is -0.560. The van der Waals surface area contributed by atoms with Crippen molar-refractivity contribution in [3.05, 3.63) is 0 Å². The second-order valence-electron chi connectivity index (χ2n) is 1.82. The molecule has 0 aromatic rings. The lowest BCUT2D eigenvalue weighted by atomic mass is 10.2. The highest BCUT2D eigenvalue weighted by Gasteiger charge is 2.12. The lowest BCUT2D eigenvalue weighted by Gasteiger charge is -2.00. The lowest BCUT2D eigenvalue weighted by molar-refractivity contribution is 0.0591. The van der Waals surface area contributed by atoms with Crippen molar-refractivity contribution in [2.75, 3.05) is 20.3 Å². The van der Waals surface area contributed by atoms with Crippen molar-refractivity contribution in [2.24, 2.45) is 0 Å². The first-order valence-electron chi connectivity index (χ1n) is 3.44. The van der Waals surface area contributed by atoms with Crippen LogP contribution >= 0.6 is 0 Å². The van der Waals surface area contributed by atoms with Crippen LogP contribution in [0, 0.1) is 12.8 Å². The van der Waals surface area contributed by atoms with E-state index in [-0.39, 0.29) is 12.7 Å². The molecular weight excluding hydrogens is 144 g/mol. The van der Waals surface area contributed by atoms with Gasteiger partial charge in [-0.2, -0.15) is 0 Å². The number of hydrogen-bond donors (Lipinski definition) is 2. The zero-order valence-electron chi connectivity index (χ0n) is 6.86. The topological polar surface area (TPSA) is 49.7 Å². The van der Waals surface area contributed by atoms with Gasteiger partial charge in [0.2, 0.25) is 0 Å². The highest BCUT2D eigenvalue weighted by Crippen LogP contribution is 2.09. The van der Waals surface area contributed by atoms with E-state index < -0.39 is 0 Å². The summed E-state index contributed by atoms with van der Waals surface area (Å²) in [5, 5.41) is 15.4. The first kappa shape index (κ1) is 13.1. The molecule has 0 aliphatic carbocycles. The number of ether oxygens (including phenoxy) is 1. The number of rotatable bonds is 1. The first-order valence-corrected chi connectivity index (χ1v) is 3.44. The standard InChI is InChI=1S/C5H10O2.C2H2.CH4O/c6-4-5-2-1-3-7-5;2*1-2/h5-6H,1-4H2;1-2H;2H,1H3/t5-;;/m0../s1. The van der Waals surface area contributed by atoms with Crippen molar-refractivity contribution in [2.45, 2.75) is 18.9 Å². The Morgan fingerprint density at radius 1 is 1.45 bits per heavy atom. The van der Waals surface area contributed by atoms with Gasteiger partial charge in [0.25, 0.3) is 0 Å². The van der Waals surface area contributed by atoms with E-state index in [2.05, 4.69) is 12.8 Å². The molecule has 1 rings (SSSR count). The Labute approximate surface area is 68.0 Å². The van der Waals surface area contributed by atoms with Crippen LogP contribution in [0.25, 0.3) is 0 Å². The molecule has 3 nitrogen and oxygen atoms in total. The minimum Gasteiger partial charge on any atom is -0.400 e. The maximum Gasteiger partial charge on any atom is 0.0806 e. The molecule has 1 saturated heterocycles. The Morgan fingerprint density at radius 2 is 2.00 bits per heavy atom. The highest BCUT2D eigenvalue weighted by molar-refractivity contribution is 4.61. The Morgan fingerprint density at radius 3 is 2.18 bits per heavy atom. The molecule has 0 aromatic carbocycles. The molecule has 1 aliphatic heterocycles. The molecule has 3 heteroatoms. The molecule has 0 bridgehead atoms. The number of terminal acetylenes is 1.